The van der Waals surface area contributed by atoms with Crippen LogP contribution < -0.4 is 0 Å². The monoisotopic (exact) mass is 156 g/mol. The standard InChI is InChI=1S/C3H4BF3O3/c1-2(3(5,6)7)10-4(8)9/h8-9H,1H2. The van der Waals surface area contributed by atoms with Gasteiger partial charge >= 0.3 is 13.5 Å². The first-order valence-electron chi connectivity index (χ1n) is 2.13. The van der Waals surface area contributed by atoms with Gasteiger partial charge in [0.05, 0.1) is 0 Å². The van der Waals surface area contributed by atoms with E-state index in [0.717, 1.165) is 0 Å². The van der Waals surface area contributed by atoms with Gasteiger partial charge in [0.2, 0.25) is 0 Å². The third-order valence-electron chi connectivity index (χ3n) is 0.564. The topological polar surface area (TPSA) is 49.7 Å². The second-order valence-corrected chi connectivity index (χ2v) is 1.37. The van der Waals surface area contributed by atoms with Crippen molar-refractivity contribution in [2.75, 3.05) is 0 Å². The Kier molecular flexibility index (Phi) is 2.73. The van der Waals surface area contributed by atoms with E-state index in [1.807, 2.05) is 0 Å². The summed E-state index contributed by atoms with van der Waals surface area (Å²) in [7, 11) is -2.48. The molecule has 0 spiro atoms. The fourth-order valence-electron chi connectivity index (χ4n) is 0.194. The Morgan fingerprint density at radius 2 is 1.80 bits per heavy atom. The molecule has 0 aliphatic rings. The number of halogens is 3. The van der Waals surface area contributed by atoms with E-state index in [4.69, 9.17) is 10.0 Å². The lowest BCUT2D eigenvalue weighted by atomic mass is 10.2. The van der Waals surface area contributed by atoms with Crippen LogP contribution in [0, 0.1) is 0 Å². The summed E-state index contributed by atoms with van der Waals surface area (Å²) in [6, 6.07) is 0. The Hall–Kier alpha value is -0.685. The second-order valence-electron chi connectivity index (χ2n) is 1.37. The van der Waals surface area contributed by atoms with Gasteiger partial charge < -0.3 is 14.7 Å². The molecule has 58 valence electrons. The lowest BCUT2D eigenvalue weighted by Crippen LogP contribution is -2.23. The predicted molar refractivity (Wildman–Crippen MR) is 26.5 cm³/mol. The van der Waals surface area contributed by atoms with Crippen LogP contribution in [0.5, 0.6) is 0 Å². The second kappa shape index (κ2) is 2.93. The van der Waals surface area contributed by atoms with Gasteiger partial charge in [0.1, 0.15) is 0 Å². The van der Waals surface area contributed by atoms with Gasteiger partial charge in [-0.15, -0.1) is 0 Å². The minimum absolute atomic E-state index is 1.64. The lowest BCUT2D eigenvalue weighted by Gasteiger charge is -2.10. The van der Waals surface area contributed by atoms with Gasteiger partial charge in [0, 0.05) is 0 Å². The van der Waals surface area contributed by atoms with Gasteiger partial charge in [-0.05, 0) is 0 Å². The molecule has 0 saturated carbocycles. The van der Waals surface area contributed by atoms with E-state index in [-0.39, 0.29) is 0 Å². The van der Waals surface area contributed by atoms with Gasteiger partial charge in [-0.25, -0.2) is 0 Å². The first-order valence-corrected chi connectivity index (χ1v) is 2.13. The van der Waals surface area contributed by atoms with Crippen LogP contribution in [0.1, 0.15) is 0 Å². The highest BCUT2D eigenvalue weighted by Gasteiger charge is 2.36. The molecule has 0 aromatic rings. The van der Waals surface area contributed by atoms with Crippen LogP contribution in [0.3, 0.4) is 0 Å². The molecule has 0 fully saturated rings. The van der Waals surface area contributed by atoms with Crippen molar-refractivity contribution in [2.45, 2.75) is 6.18 Å². The summed E-state index contributed by atoms with van der Waals surface area (Å²) in [6.45, 7) is 2.40. The zero-order valence-corrected chi connectivity index (χ0v) is 4.72. The van der Waals surface area contributed by atoms with E-state index in [0.29, 0.717) is 0 Å². The van der Waals surface area contributed by atoms with Crippen molar-refractivity contribution in [3.05, 3.63) is 12.3 Å². The van der Waals surface area contributed by atoms with E-state index in [9.17, 15) is 13.2 Å². The molecule has 0 radical (unpaired) electrons. The average molecular weight is 156 g/mol. The van der Waals surface area contributed by atoms with Crippen LogP contribution in [0.25, 0.3) is 0 Å². The van der Waals surface area contributed by atoms with E-state index < -0.39 is 19.3 Å². The quantitative estimate of drug-likeness (QED) is 0.438. The lowest BCUT2D eigenvalue weighted by molar-refractivity contribution is -0.120. The highest BCUT2D eigenvalue weighted by atomic mass is 19.4. The molecule has 0 unspecified atom stereocenters. The minimum Gasteiger partial charge on any atom is -0.509 e. The Balaban J connectivity index is 3.87. The normalized spacial score (nSPS) is 10.9. The van der Waals surface area contributed by atoms with Crippen LogP contribution >= 0.6 is 0 Å². The first kappa shape index (κ1) is 9.31. The Labute approximate surface area is 54.9 Å². The van der Waals surface area contributed by atoms with Gasteiger partial charge in [-0.2, -0.15) is 13.2 Å². The third kappa shape index (κ3) is 3.36. The maximum atomic E-state index is 11.4. The van der Waals surface area contributed by atoms with Crippen LogP contribution in [0.15, 0.2) is 12.3 Å². The summed E-state index contributed by atoms with van der Waals surface area (Å²) in [6.07, 6.45) is -4.75. The minimum atomic E-state index is -4.75. The summed E-state index contributed by atoms with van der Waals surface area (Å²) in [5.41, 5.74) is 0. The maximum Gasteiger partial charge on any atom is 0.707 e. The third-order valence-corrected chi connectivity index (χ3v) is 0.564. The summed E-state index contributed by atoms with van der Waals surface area (Å²) in [5.74, 6) is -1.64. The largest absolute Gasteiger partial charge is 0.707 e. The summed E-state index contributed by atoms with van der Waals surface area (Å²) < 4.78 is 37.5. The van der Waals surface area contributed by atoms with Crippen molar-refractivity contribution < 1.29 is 27.9 Å². The molecule has 0 amide bonds. The SMILES string of the molecule is C=C(OB(O)O)C(F)(F)F. The van der Waals surface area contributed by atoms with E-state index in [1.165, 1.54) is 0 Å². The van der Waals surface area contributed by atoms with Crippen molar-refractivity contribution in [3.63, 3.8) is 0 Å². The van der Waals surface area contributed by atoms with Gasteiger partial charge in [0.25, 0.3) is 0 Å². The molecule has 0 atom stereocenters. The van der Waals surface area contributed by atoms with Gasteiger partial charge in [-0.1, -0.05) is 6.58 Å². The first-order chi connectivity index (χ1) is 4.34. The molecule has 2 N–H and O–H groups in total. The Morgan fingerprint density at radius 1 is 1.40 bits per heavy atom. The molecule has 7 heteroatoms. The fraction of sp³-hybridized carbons (Fsp3) is 0.333. The zero-order valence-electron chi connectivity index (χ0n) is 4.72. The fourth-order valence-corrected chi connectivity index (χ4v) is 0.194. The predicted octanol–water partition coefficient (Wildman–Crippen LogP) is 0.0485. The molecular weight excluding hydrogens is 152 g/mol. The number of allylic oxidation sites excluding steroid dienone is 1. The summed E-state index contributed by atoms with van der Waals surface area (Å²) in [5, 5.41) is 15.7. The molecule has 0 saturated heterocycles. The highest BCUT2D eigenvalue weighted by molar-refractivity contribution is 6.33. The molecule has 0 aromatic heterocycles. The molecule has 0 aliphatic heterocycles. The summed E-state index contributed by atoms with van der Waals surface area (Å²) in [4.78, 5) is 0. The van der Waals surface area contributed by atoms with Crippen LogP contribution in [0.4, 0.5) is 13.2 Å². The van der Waals surface area contributed by atoms with Gasteiger partial charge in [0.15, 0.2) is 5.76 Å². The summed E-state index contributed by atoms with van der Waals surface area (Å²) >= 11 is 0. The van der Waals surface area contributed by atoms with Crippen molar-refractivity contribution in [2.24, 2.45) is 0 Å². The Morgan fingerprint density at radius 3 is 1.90 bits per heavy atom. The average Bonchev–Trinajstić information content (AvgIpc) is 1.60. The van der Waals surface area contributed by atoms with Gasteiger partial charge in [-0.3, -0.25) is 0 Å². The van der Waals surface area contributed by atoms with Crippen molar-refractivity contribution in [1.82, 2.24) is 0 Å². The number of alkyl halides is 3. The molecule has 0 bridgehead atoms. The van der Waals surface area contributed by atoms with Crippen molar-refractivity contribution >= 4 is 7.32 Å². The molecule has 0 rings (SSSR count). The number of hydrogen-bond donors (Lipinski definition) is 2. The molecule has 3 nitrogen and oxygen atoms in total. The number of hydrogen-bond acceptors (Lipinski definition) is 3. The van der Waals surface area contributed by atoms with E-state index in [2.05, 4.69) is 11.2 Å². The maximum absolute atomic E-state index is 11.4. The van der Waals surface area contributed by atoms with Crippen LogP contribution in [0.2, 0.25) is 0 Å². The van der Waals surface area contributed by atoms with Crippen molar-refractivity contribution in [3.8, 4) is 0 Å². The molecular formula is C3H4BF3O3. The van der Waals surface area contributed by atoms with Crippen LogP contribution in [-0.4, -0.2) is 23.5 Å². The van der Waals surface area contributed by atoms with E-state index in [1.54, 1.807) is 0 Å². The van der Waals surface area contributed by atoms with E-state index >= 15 is 0 Å². The van der Waals surface area contributed by atoms with Crippen molar-refractivity contribution in [1.29, 1.82) is 0 Å². The highest BCUT2D eigenvalue weighted by Crippen LogP contribution is 2.24. The molecule has 0 heterocycles. The Bertz CT molecular complexity index is 131. The smallest absolute Gasteiger partial charge is 0.509 e. The molecule has 0 aromatic carbocycles. The molecule has 0 aliphatic carbocycles. The zero-order chi connectivity index (χ0) is 8.36. The van der Waals surface area contributed by atoms with Crippen LogP contribution in [-0.2, 0) is 4.65 Å². The number of rotatable bonds is 2. The molecule has 10 heavy (non-hydrogen) atoms.